The van der Waals surface area contributed by atoms with Crippen LogP contribution in [-0.2, 0) is 0 Å². The number of rotatable bonds is 18. The molecule has 0 rings (SSSR count). The Hall–Kier alpha value is 0.628. The van der Waals surface area contributed by atoms with Crippen molar-refractivity contribution in [1.82, 2.24) is 27.6 Å². The van der Waals surface area contributed by atoms with Gasteiger partial charge < -0.3 is 27.6 Å². The Morgan fingerprint density at radius 2 is 0.941 bits per heavy atom. The van der Waals surface area contributed by atoms with E-state index in [1.165, 1.54) is 19.5 Å². The second kappa shape index (κ2) is 17.2. The maximum atomic E-state index is 4.21. The van der Waals surface area contributed by atoms with Crippen LogP contribution in [0.3, 0.4) is 0 Å². The van der Waals surface area contributed by atoms with Crippen LogP contribution in [0, 0.1) is 0 Å². The fourth-order valence-electron chi connectivity index (χ4n) is 6.39. The lowest BCUT2D eigenvalue weighted by atomic mass is 10.1. The van der Waals surface area contributed by atoms with Crippen molar-refractivity contribution in [3.63, 3.8) is 0 Å². The molecule has 2 N–H and O–H groups in total. The summed E-state index contributed by atoms with van der Waals surface area (Å²) in [4.78, 5) is 0. The molecule has 10 heteroatoms. The Bertz CT molecular complexity index is 516. The number of nitrogens with one attached hydrogen (secondary N) is 2. The Labute approximate surface area is 222 Å². The summed E-state index contributed by atoms with van der Waals surface area (Å²) in [5.74, 6) is 0. The highest BCUT2D eigenvalue weighted by molar-refractivity contribution is 6.69. The lowest BCUT2D eigenvalue weighted by molar-refractivity contribution is 0.223. The van der Waals surface area contributed by atoms with Gasteiger partial charge in [-0.05, 0) is 70.4 Å². The van der Waals surface area contributed by atoms with Gasteiger partial charge in [-0.25, -0.2) is 0 Å². The average molecular weight is 549 g/mol. The van der Waals surface area contributed by atoms with E-state index < -0.39 is 36.5 Å². The maximum absolute atomic E-state index is 4.21. The minimum absolute atomic E-state index is 0.585. The summed E-state index contributed by atoms with van der Waals surface area (Å²) < 4.78 is 19.4. The molecule has 0 aromatic rings. The van der Waals surface area contributed by atoms with Gasteiger partial charge in [-0.1, -0.05) is 76.2 Å². The molecular weight excluding hydrogens is 485 g/mol. The second-order valence-electron chi connectivity index (χ2n) is 11.2. The van der Waals surface area contributed by atoms with Crippen molar-refractivity contribution in [2.24, 2.45) is 0 Å². The molecule has 0 heterocycles. The van der Waals surface area contributed by atoms with E-state index in [9.17, 15) is 0 Å². The normalized spacial score (nSPS) is 18.5. The topological polar surface area (TPSA) is 37.0 Å². The maximum Gasteiger partial charge on any atom is 0.178 e. The van der Waals surface area contributed by atoms with Crippen LogP contribution >= 0.6 is 0 Å². The predicted molar refractivity (Wildman–Crippen MR) is 166 cm³/mol. The minimum atomic E-state index is -1.22. The molecule has 0 aliphatic carbocycles. The zero-order chi connectivity index (χ0) is 26.7. The van der Waals surface area contributed by atoms with Gasteiger partial charge in [0.25, 0.3) is 0 Å². The number of hydrogen-bond donors (Lipinski definition) is 2. The first kappa shape index (κ1) is 34.6. The monoisotopic (exact) mass is 548 g/mol. The summed E-state index contributed by atoms with van der Waals surface area (Å²) in [7, 11) is -4.53. The molecule has 6 atom stereocenters. The quantitative estimate of drug-likeness (QED) is 0.256. The predicted octanol–water partition coefficient (Wildman–Crippen LogP) is 3.23. The van der Waals surface area contributed by atoms with E-state index in [0.717, 1.165) is 6.54 Å². The van der Waals surface area contributed by atoms with Crippen molar-refractivity contribution in [2.75, 3.05) is 19.6 Å². The third-order valence-corrected chi connectivity index (χ3v) is 23.1. The lowest BCUT2D eigenvalue weighted by Gasteiger charge is -2.44. The first-order chi connectivity index (χ1) is 15.7. The van der Waals surface area contributed by atoms with E-state index >= 15 is 0 Å². The van der Waals surface area contributed by atoms with Gasteiger partial charge in [0.05, 0.1) is 0 Å². The van der Waals surface area contributed by atoms with Gasteiger partial charge in [-0.2, -0.15) is 0 Å². The van der Waals surface area contributed by atoms with Gasteiger partial charge in [0, 0.05) is 12.1 Å². The summed E-state index contributed by atoms with van der Waals surface area (Å²) in [6, 6.07) is 3.03. The molecule has 0 saturated carbocycles. The summed E-state index contributed by atoms with van der Waals surface area (Å²) in [6.45, 7) is 39.6. The van der Waals surface area contributed by atoms with Crippen LogP contribution in [0.2, 0.25) is 26.2 Å². The van der Waals surface area contributed by atoms with E-state index in [2.05, 4.69) is 130 Å². The van der Waals surface area contributed by atoms with Crippen molar-refractivity contribution in [3.05, 3.63) is 0 Å². The van der Waals surface area contributed by atoms with E-state index in [4.69, 9.17) is 0 Å². The number of hydrogen-bond acceptors (Lipinski definition) is 6. The zero-order valence-corrected chi connectivity index (χ0v) is 30.4. The molecule has 0 spiro atoms. The summed E-state index contributed by atoms with van der Waals surface area (Å²) in [5.41, 5.74) is 0. The lowest BCUT2D eigenvalue weighted by Crippen LogP contribution is -2.65. The van der Waals surface area contributed by atoms with Gasteiger partial charge in [-0.15, -0.1) is 0 Å². The molecule has 6 nitrogen and oxygen atoms in total. The molecule has 0 radical (unpaired) electrons. The Morgan fingerprint density at radius 3 is 1.32 bits per heavy atom. The molecule has 0 aliphatic heterocycles. The summed E-state index contributed by atoms with van der Waals surface area (Å²) in [5, 5.41) is 0. The van der Waals surface area contributed by atoms with E-state index in [0.29, 0.717) is 30.2 Å². The highest BCUT2D eigenvalue weighted by atomic mass is 28.4. The smallest absolute Gasteiger partial charge is 0.178 e. The average Bonchev–Trinajstić information content (AvgIpc) is 2.68. The molecule has 0 aliphatic rings. The van der Waals surface area contributed by atoms with Gasteiger partial charge in [-0.3, -0.25) is 0 Å². The highest BCUT2D eigenvalue weighted by Crippen LogP contribution is 2.17. The van der Waals surface area contributed by atoms with E-state index in [1.54, 1.807) is 0 Å². The highest BCUT2D eigenvalue weighted by Gasteiger charge is 2.31. The van der Waals surface area contributed by atoms with Crippen LogP contribution in [0.4, 0.5) is 0 Å². The number of nitrogens with zero attached hydrogens (tertiary/aromatic N) is 4. The van der Waals surface area contributed by atoms with Crippen molar-refractivity contribution >= 4 is 36.5 Å². The third-order valence-electron chi connectivity index (χ3n) is 7.63. The zero-order valence-electron chi connectivity index (χ0n) is 25.8. The summed E-state index contributed by atoms with van der Waals surface area (Å²) in [6.07, 6.45) is 1.25. The van der Waals surface area contributed by atoms with E-state index in [1.807, 2.05) is 0 Å². The van der Waals surface area contributed by atoms with Crippen molar-refractivity contribution in [1.29, 1.82) is 0 Å². The van der Waals surface area contributed by atoms with E-state index in [-0.39, 0.29) is 0 Å². The standard InChI is InChI=1S/C24H64N6Si4/c1-16-27(17-2)31(12)25-32(13)28(18-3)23(10)19-24(11)30(22(8)9)34(15)26-33(14)29(20(4)5)21(6)7/h20-26,31-34H,16-19H2,1-15H3. The Morgan fingerprint density at radius 1 is 0.529 bits per heavy atom. The second-order valence-corrected chi connectivity index (χ2v) is 21.9. The molecule has 0 fully saturated rings. The molecular formula is C24H64N6Si4. The van der Waals surface area contributed by atoms with Gasteiger partial charge in [0.1, 0.15) is 0 Å². The van der Waals surface area contributed by atoms with Crippen molar-refractivity contribution in [2.45, 2.75) is 139 Å². The fraction of sp³-hybridized carbons (Fsp3) is 1.00. The van der Waals surface area contributed by atoms with Crippen molar-refractivity contribution < 1.29 is 0 Å². The molecule has 0 amide bonds. The molecule has 206 valence electrons. The van der Waals surface area contributed by atoms with Crippen LogP contribution < -0.4 is 9.30 Å². The minimum Gasteiger partial charge on any atom is -0.340 e. The van der Waals surface area contributed by atoms with Gasteiger partial charge >= 0.3 is 0 Å². The molecule has 6 unspecified atom stereocenters. The van der Waals surface area contributed by atoms with Crippen LogP contribution in [0.15, 0.2) is 0 Å². The molecule has 0 bridgehead atoms. The SMILES string of the molecule is CCN(CC)[SiH](C)N[SiH](C)N(CC)C(C)CC(C)N(C(C)C)[SiH](C)N[SiH](C)N(C(C)C)C(C)C. The van der Waals surface area contributed by atoms with Crippen LogP contribution in [0.1, 0.15) is 82.6 Å². The Kier molecular flexibility index (Phi) is 17.5. The van der Waals surface area contributed by atoms with Crippen LogP contribution in [0.25, 0.3) is 0 Å². The van der Waals surface area contributed by atoms with Crippen molar-refractivity contribution in [3.8, 4) is 0 Å². The van der Waals surface area contributed by atoms with Crippen LogP contribution in [0.5, 0.6) is 0 Å². The molecule has 0 aromatic heterocycles. The molecule has 34 heavy (non-hydrogen) atoms. The first-order valence-electron chi connectivity index (χ1n) is 14.3. The van der Waals surface area contributed by atoms with Crippen LogP contribution in [-0.4, -0.2) is 105 Å². The Balaban J connectivity index is 5.29. The largest absolute Gasteiger partial charge is 0.340 e. The van der Waals surface area contributed by atoms with Gasteiger partial charge in [0.15, 0.2) is 36.5 Å². The summed E-state index contributed by atoms with van der Waals surface area (Å²) >= 11 is 0. The first-order valence-corrected chi connectivity index (χ1v) is 23.3. The fourth-order valence-corrected chi connectivity index (χ4v) is 21.1. The molecule has 0 saturated heterocycles. The molecule has 0 aromatic carbocycles. The van der Waals surface area contributed by atoms with Gasteiger partial charge in [0.2, 0.25) is 0 Å². The third kappa shape index (κ3) is 10.9.